The zero-order valence-electron chi connectivity index (χ0n) is 18.4. The maximum atomic E-state index is 9.81. The van der Waals surface area contributed by atoms with E-state index in [-0.39, 0.29) is 0 Å². The van der Waals surface area contributed by atoms with E-state index in [2.05, 4.69) is 62.4 Å². The summed E-state index contributed by atoms with van der Waals surface area (Å²) in [4.78, 5) is 10.4. The van der Waals surface area contributed by atoms with Gasteiger partial charge in [0.25, 0.3) is 0 Å². The fraction of sp³-hybridized carbons (Fsp3) is 0.400. The van der Waals surface area contributed by atoms with E-state index in [1.165, 1.54) is 10.4 Å². The van der Waals surface area contributed by atoms with Gasteiger partial charge in [-0.1, -0.05) is 20.8 Å². The van der Waals surface area contributed by atoms with Crippen molar-refractivity contribution in [3.8, 4) is 11.8 Å². The highest BCUT2D eigenvalue weighted by atomic mass is 32.1. The third-order valence-electron chi connectivity index (χ3n) is 6.28. The molecule has 3 aromatic heterocycles. The minimum absolute atomic E-state index is 0.293. The first-order valence-corrected chi connectivity index (χ1v) is 11.3. The van der Waals surface area contributed by atoms with E-state index >= 15 is 0 Å². The largest absolute Gasteiger partial charge is 0.316 e. The van der Waals surface area contributed by atoms with Crippen molar-refractivity contribution in [2.24, 2.45) is 16.3 Å². The van der Waals surface area contributed by atoms with Gasteiger partial charge >= 0.3 is 0 Å². The van der Waals surface area contributed by atoms with Gasteiger partial charge in [0.15, 0.2) is 0 Å². The van der Waals surface area contributed by atoms with Crippen molar-refractivity contribution >= 4 is 22.6 Å². The molecule has 1 aliphatic carbocycles. The van der Waals surface area contributed by atoms with Gasteiger partial charge in [0.05, 0.1) is 17.4 Å². The number of aryl methyl sites for hydroxylation is 1. The zero-order chi connectivity index (χ0) is 21.5. The molecule has 0 fully saturated rings. The molecule has 30 heavy (non-hydrogen) atoms. The predicted molar refractivity (Wildman–Crippen MR) is 124 cm³/mol. The Balaban J connectivity index is 1.66. The van der Waals surface area contributed by atoms with Crippen LogP contribution in [0.25, 0.3) is 5.69 Å². The van der Waals surface area contributed by atoms with Gasteiger partial charge < -0.3 is 4.57 Å². The number of hydrogen-bond acceptors (Lipinski definition) is 4. The summed E-state index contributed by atoms with van der Waals surface area (Å²) in [5.74, 6) is 0.658. The minimum Gasteiger partial charge on any atom is -0.316 e. The topological polar surface area (TPSA) is 54.0 Å². The third-order valence-corrected chi connectivity index (χ3v) is 7.44. The van der Waals surface area contributed by atoms with Crippen molar-refractivity contribution in [1.29, 1.82) is 5.26 Å². The van der Waals surface area contributed by atoms with Gasteiger partial charge in [-0.25, -0.2) is 4.99 Å². The molecular formula is C25H28N4S. The first kappa shape index (κ1) is 20.6. The Labute approximate surface area is 182 Å². The summed E-state index contributed by atoms with van der Waals surface area (Å²) in [6.45, 7) is 11.1. The molecule has 0 aromatic carbocycles. The SMILES string of the molecule is Cc1cc(C=Nc2sc3c(c2C#N)CCC(C(C)(C)C)C3)c(C)n1-c1cccnc1. The molecule has 0 saturated heterocycles. The maximum absolute atomic E-state index is 9.81. The molecule has 4 nitrogen and oxygen atoms in total. The zero-order valence-corrected chi connectivity index (χ0v) is 19.2. The summed E-state index contributed by atoms with van der Waals surface area (Å²) in [5.41, 5.74) is 6.68. The number of nitrogens with zero attached hydrogens (tertiary/aromatic N) is 4. The number of nitriles is 1. The van der Waals surface area contributed by atoms with Crippen LogP contribution in [0.1, 0.15) is 60.1 Å². The smallest absolute Gasteiger partial charge is 0.134 e. The summed E-state index contributed by atoms with van der Waals surface area (Å²) < 4.78 is 2.19. The molecule has 3 heterocycles. The van der Waals surface area contributed by atoms with Gasteiger partial charge in [0.2, 0.25) is 0 Å². The molecule has 4 rings (SSSR count). The van der Waals surface area contributed by atoms with Gasteiger partial charge in [0, 0.05) is 34.2 Å². The number of rotatable bonds is 3. The van der Waals surface area contributed by atoms with Crippen LogP contribution in [0, 0.1) is 36.5 Å². The van der Waals surface area contributed by atoms with Crippen LogP contribution in [-0.4, -0.2) is 15.8 Å². The van der Waals surface area contributed by atoms with Crippen molar-refractivity contribution in [3.05, 3.63) is 63.5 Å². The second-order valence-corrected chi connectivity index (χ2v) is 10.3. The van der Waals surface area contributed by atoms with Crippen LogP contribution in [0.15, 0.2) is 35.6 Å². The fourth-order valence-corrected chi connectivity index (χ4v) is 5.67. The highest BCUT2D eigenvalue weighted by Crippen LogP contribution is 2.44. The average Bonchev–Trinajstić information content (AvgIpc) is 3.21. The maximum Gasteiger partial charge on any atom is 0.134 e. The van der Waals surface area contributed by atoms with Crippen LogP contribution >= 0.6 is 11.3 Å². The van der Waals surface area contributed by atoms with Gasteiger partial charge in [-0.2, -0.15) is 5.26 Å². The molecule has 0 saturated carbocycles. The molecule has 154 valence electrons. The standard InChI is InChI=1S/C25H28N4S/c1-16-11-18(17(2)29(16)20-7-6-10-27-15-20)14-28-24-22(13-26)21-9-8-19(25(3,4)5)12-23(21)30-24/h6-7,10-11,14-15,19H,8-9,12H2,1-5H3. The number of aliphatic imine (C=N–C) groups is 1. The molecular weight excluding hydrogens is 388 g/mol. The highest BCUT2D eigenvalue weighted by Gasteiger charge is 2.32. The molecule has 0 spiro atoms. The van der Waals surface area contributed by atoms with Crippen LogP contribution in [-0.2, 0) is 12.8 Å². The van der Waals surface area contributed by atoms with Crippen molar-refractivity contribution in [2.45, 2.75) is 53.9 Å². The minimum atomic E-state index is 0.293. The summed E-state index contributed by atoms with van der Waals surface area (Å²) in [5, 5.41) is 10.7. The number of fused-ring (bicyclic) bond motifs is 1. The van der Waals surface area contributed by atoms with E-state index in [0.29, 0.717) is 11.3 Å². The van der Waals surface area contributed by atoms with Crippen LogP contribution in [0.4, 0.5) is 5.00 Å². The van der Waals surface area contributed by atoms with E-state index < -0.39 is 0 Å². The van der Waals surface area contributed by atoms with Crippen LogP contribution < -0.4 is 0 Å². The molecule has 1 unspecified atom stereocenters. The monoisotopic (exact) mass is 416 g/mol. The highest BCUT2D eigenvalue weighted by molar-refractivity contribution is 7.16. The van der Waals surface area contributed by atoms with E-state index in [9.17, 15) is 5.26 Å². The van der Waals surface area contributed by atoms with Crippen LogP contribution in [0.2, 0.25) is 0 Å². The molecule has 0 aliphatic heterocycles. The first-order valence-electron chi connectivity index (χ1n) is 10.5. The van der Waals surface area contributed by atoms with Crippen LogP contribution in [0.5, 0.6) is 0 Å². The molecule has 5 heteroatoms. The molecule has 0 amide bonds. The fourth-order valence-electron chi connectivity index (χ4n) is 4.45. The van der Waals surface area contributed by atoms with Crippen molar-refractivity contribution < 1.29 is 0 Å². The van der Waals surface area contributed by atoms with Crippen LogP contribution in [0.3, 0.4) is 0 Å². The van der Waals surface area contributed by atoms with Crippen molar-refractivity contribution in [3.63, 3.8) is 0 Å². The Morgan fingerprint density at radius 2 is 2.13 bits per heavy atom. The lowest BCUT2D eigenvalue weighted by molar-refractivity contribution is 0.218. The molecule has 0 radical (unpaired) electrons. The van der Waals surface area contributed by atoms with E-state index in [1.54, 1.807) is 17.5 Å². The first-order chi connectivity index (χ1) is 14.3. The lowest BCUT2D eigenvalue weighted by atomic mass is 9.72. The Kier molecular flexibility index (Phi) is 5.38. The number of hydrogen-bond donors (Lipinski definition) is 0. The predicted octanol–water partition coefficient (Wildman–Crippen LogP) is 6.32. The van der Waals surface area contributed by atoms with Gasteiger partial charge in [-0.3, -0.25) is 4.98 Å². The van der Waals surface area contributed by atoms with Gasteiger partial charge in [0.1, 0.15) is 11.1 Å². The Morgan fingerprint density at radius 3 is 2.80 bits per heavy atom. The lowest BCUT2D eigenvalue weighted by Gasteiger charge is -2.33. The van der Waals surface area contributed by atoms with E-state index in [4.69, 9.17) is 4.99 Å². The van der Waals surface area contributed by atoms with E-state index in [0.717, 1.165) is 52.5 Å². The quantitative estimate of drug-likeness (QED) is 0.469. The Hall–Kier alpha value is -2.71. The number of thiophene rings is 1. The Bertz CT molecular complexity index is 1140. The second-order valence-electron chi connectivity index (χ2n) is 9.23. The molecule has 0 bridgehead atoms. The van der Waals surface area contributed by atoms with Gasteiger partial charge in [-0.15, -0.1) is 11.3 Å². The average molecular weight is 417 g/mol. The number of pyridine rings is 1. The molecule has 0 N–H and O–H groups in total. The summed E-state index contributed by atoms with van der Waals surface area (Å²) in [6.07, 6.45) is 8.76. The normalized spacial score (nSPS) is 16.6. The summed E-state index contributed by atoms with van der Waals surface area (Å²) in [7, 11) is 0. The van der Waals surface area contributed by atoms with Gasteiger partial charge in [-0.05, 0) is 68.2 Å². The molecule has 3 aromatic rings. The Morgan fingerprint density at radius 1 is 1.33 bits per heavy atom. The summed E-state index contributed by atoms with van der Waals surface area (Å²) in [6, 6.07) is 8.58. The second kappa shape index (κ2) is 7.85. The van der Waals surface area contributed by atoms with E-state index in [1.807, 2.05) is 18.5 Å². The molecule has 1 atom stereocenters. The van der Waals surface area contributed by atoms with Crippen molar-refractivity contribution in [1.82, 2.24) is 9.55 Å². The molecule has 1 aliphatic rings. The third kappa shape index (κ3) is 3.73. The number of aromatic nitrogens is 2. The van der Waals surface area contributed by atoms with Crippen molar-refractivity contribution in [2.75, 3.05) is 0 Å². The lowest BCUT2D eigenvalue weighted by Crippen LogP contribution is -2.26. The summed E-state index contributed by atoms with van der Waals surface area (Å²) >= 11 is 1.70.